The van der Waals surface area contributed by atoms with Gasteiger partial charge in [-0.15, -0.1) is 0 Å². The molecule has 9 heteroatoms. The van der Waals surface area contributed by atoms with Gasteiger partial charge >= 0.3 is 0 Å². The summed E-state index contributed by atoms with van der Waals surface area (Å²) in [5.74, 6) is 1.41. The summed E-state index contributed by atoms with van der Waals surface area (Å²) < 4.78 is 7.20. The average Bonchev–Trinajstić information content (AvgIpc) is 3.27. The zero-order valence-electron chi connectivity index (χ0n) is 18.5. The van der Waals surface area contributed by atoms with Gasteiger partial charge in [0.15, 0.2) is 11.5 Å². The minimum absolute atomic E-state index is 0.236. The maximum absolute atomic E-state index is 9.62. The molecule has 0 amide bonds. The summed E-state index contributed by atoms with van der Waals surface area (Å²) in [6, 6.07) is 17.3. The molecule has 0 unspecified atom stereocenters. The highest BCUT2D eigenvalue weighted by atomic mass is 35.5. The molecule has 0 aliphatic carbocycles. The van der Waals surface area contributed by atoms with Crippen molar-refractivity contribution in [1.29, 1.82) is 5.26 Å². The Morgan fingerprint density at radius 3 is 2.74 bits per heavy atom. The van der Waals surface area contributed by atoms with Crippen LogP contribution in [0.4, 0.5) is 5.82 Å². The second-order valence-corrected chi connectivity index (χ2v) is 8.23. The smallest absolute Gasteiger partial charge is 0.165 e. The zero-order valence-corrected chi connectivity index (χ0v) is 19.3. The van der Waals surface area contributed by atoms with Crippen LogP contribution in [-0.4, -0.2) is 31.6 Å². The molecule has 3 aromatic heterocycles. The van der Waals surface area contributed by atoms with Crippen LogP contribution in [0.5, 0.6) is 5.75 Å². The van der Waals surface area contributed by atoms with Gasteiger partial charge in [0.25, 0.3) is 0 Å². The van der Waals surface area contributed by atoms with Gasteiger partial charge in [0.05, 0.1) is 36.7 Å². The number of benzene rings is 2. The predicted octanol–water partition coefficient (Wildman–Crippen LogP) is 5.13. The first kappa shape index (κ1) is 21.6. The van der Waals surface area contributed by atoms with E-state index < -0.39 is 0 Å². The Kier molecular flexibility index (Phi) is 5.70. The van der Waals surface area contributed by atoms with Crippen LogP contribution >= 0.6 is 11.6 Å². The van der Waals surface area contributed by atoms with Crippen molar-refractivity contribution in [3.63, 3.8) is 0 Å². The molecule has 3 heterocycles. The van der Waals surface area contributed by atoms with Gasteiger partial charge < -0.3 is 14.6 Å². The molecule has 0 spiro atoms. The minimum atomic E-state index is -0.236. The molecule has 5 aromatic rings. The number of imidazole rings is 1. The molecule has 0 saturated heterocycles. The third-order valence-electron chi connectivity index (χ3n) is 5.64. The van der Waals surface area contributed by atoms with E-state index >= 15 is 0 Å². The molecule has 34 heavy (non-hydrogen) atoms. The van der Waals surface area contributed by atoms with Crippen molar-refractivity contribution in [2.45, 2.75) is 19.5 Å². The Labute approximate surface area is 200 Å². The van der Waals surface area contributed by atoms with Crippen LogP contribution in [0, 0.1) is 11.3 Å². The second kappa shape index (κ2) is 8.96. The predicted molar refractivity (Wildman–Crippen MR) is 131 cm³/mol. The lowest BCUT2D eigenvalue weighted by atomic mass is 10.1. The van der Waals surface area contributed by atoms with Crippen LogP contribution in [0.15, 0.2) is 61.2 Å². The largest absolute Gasteiger partial charge is 0.497 e. The molecule has 0 bridgehead atoms. The third kappa shape index (κ3) is 3.98. The number of methoxy groups -OCH3 is 1. The van der Waals surface area contributed by atoms with Crippen LogP contribution < -0.4 is 10.1 Å². The lowest BCUT2D eigenvalue weighted by Gasteiger charge is -2.16. The van der Waals surface area contributed by atoms with Crippen molar-refractivity contribution in [1.82, 2.24) is 24.5 Å². The number of aromatic nitrogens is 5. The van der Waals surface area contributed by atoms with Crippen molar-refractivity contribution in [2.75, 3.05) is 12.4 Å². The molecule has 8 nitrogen and oxygen atoms in total. The lowest BCUT2D eigenvalue weighted by Crippen LogP contribution is -2.11. The monoisotopic (exact) mass is 469 g/mol. The first-order chi connectivity index (χ1) is 16.6. The first-order valence-electron chi connectivity index (χ1n) is 10.6. The Balaban J connectivity index is 1.44. The van der Waals surface area contributed by atoms with Gasteiger partial charge in [-0.3, -0.25) is 0 Å². The van der Waals surface area contributed by atoms with E-state index in [-0.39, 0.29) is 6.04 Å². The van der Waals surface area contributed by atoms with Crippen LogP contribution in [0.25, 0.3) is 21.9 Å². The third-order valence-corrected chi connectivity index (χ3v) is 5.96. The molecule has 0 saturated carbocycles. The van der Waals surface area contributed by atoms with E-state index in [1.807, 2.05) is 54.0 Å². The quantitative estimate of drug-likeness (QED) is 0.367. The number of anilines is 1. The van der Waals surface area contributed by atoms with Gasteiger partial charge in [-0.25, -0.2) is 19.9 Å². The van der Waals surface area contributed by atoms with E-state index in [0.717, 1.165) is 22.3 Å². The highest BCUT2D eigenvalue weighted by Gasteiger charge is 2.17. The summed E-state index contributed by atoms with van der Waals surface area (Å²) in [6.07, 6.45) is 3.27. The molecular formula is C25H20ClN7O. The normalized spacial score (nSPS) is 11.9. The summed E-state index contributed by atoms with van der Waals surface area (Å²) in [7, 11) is 1.65. The number of fused-ring (bicyclic) bond motifs is 2. The fourth-order valence-corrected chi connectivity index (χ4v) is 4.17. The lowest BCUT2D eigenvalue weighted by molar-refractivity contribution is 0.414. The SMILES string of the molecule is COc1ccc(Cn2cnc3c(N[C@@H](C)c4cc5cccc(Cl)c5c(C#N)n4)ncnc32)cc1. The fraction of sp³-hybridized carbons (Fsp3) is 0.160. The van der Waals surface area contributed by atoms with Crippen LogP contribution in [0.1, 0.15) is 29.9 Å². The van der Waals surface area contributed by atoms with Crippen molar-refractivity contribution < 1.29 is 4.74 Å². The van der Waals surface area contributed by atoms with Crippen molar-refractivity contribution in [3.05, 3.63) is 83.2 Å². The molecule has 0 aliphatic heterocycles. The number of nitriles is 1. The zero-order chi connectivity index (χ0) is 23.7. The Bertz CT molecular complexity index is 1540. The molecule has 0 aliphatic rings. The van der Waals surface area contributed by atoms with Gasteiger partial charge in [0.1, 0.15) is 29.4 Å². The Hall–Kier alpha value is -4.22. The summed E-state index contributed by atoms with van der Waals surface area (Å²) in [5, 5.41) is 15.0. The van der Waals surface area contributed by atoms with Gasteiger partial charge in [-0.2, -0.15) is 5.26 Å². The number of nitrogens with zero attached hydrogens (tertiary/aromatic N) is 6. The number of hydrogen-bond donors (Lipinski definition) is 1. The molecule has 168 valence electrons. The van der Waals surface area contributed by atoms with Gasteiger partial charge in [-0.05, 0) is 42.1 Å². The molecule has 0 fully saturated rings. The van der Waals surface area contributed by atoms with E-state index in [0.29, 0.717) is 39.7 Å². The maximum atomic E-state index is 9.62. The Morgan fingerprint density at radius 1 is 1.15 bits per heavy atom. The standard InChI is InChI=1S/C25H20ClN7O/c1-15(20-10-17-4-3-5-19(26)22(17)21(11-27)32-20)31-24-23-25(29-13-28-24)33(14-30-23)12-16-6-8-18(34-2)9-7-16/h3-10,13-15H,12H2,1-2H3,(H,28,29,31)/t15-/m0/s1. The van der Waals surface area contributed by atoms with Crippen molar-refractivity contribution in [2.24, 2.45) is 0 Å². The van der Waals surface area contributed by atoms with Crippen molar-refractivity contribution >= 4 is 39.4 Å². The molecule has 5 rings (SSSR count). The van der Waals surface area contributed by atoms with E-state index in [4.69, 9.17) is 16.3 Å². The summed E-state index contributed by atoms with van der Waals surface area (Å²) >= 11 is 6.30. The first-order valence-corrected chi connectivity index (χ1v) is 11.0. The van der Waals surface area contributed by atoms with E-state index in [9.17, 15) is 5.26 Å². The van der Waals surface area contributed by atoms with Crippen molar-refractivity contribution in [3.8, 4) is 11.8 Å². The number of halogens is 1. The van der Waals surface area contributed by atoms with Crippen LogP contribution in [-0.2, 0) is 6.54 Å². The highest BCUT2D eigenvalue weighted by Crippen LogP contribution is 2.29. The number of hydrogen-bond acceptors (Lipinski definition) is 7. The highest BCUT2D eigenvalue weighted by molar-refractivity contribution is 6.35. The van der Waals surface area contributed by atoms with Gasteiger partial charge in [0, 0.05) is 5.39 Å². The number of pyridine rings is 1. The van der Waals surface area contributed by atoms with Gasteiger partial charge in [0.2, 0.25) is 0 Å². The fourth-order valence-electron chi connectivity index (χ4n) is 3.90. The number of nitrogens with one attached hydrogen (secondary N) is 1. The molecule has 1 atom stereocenters. The maximum Gasteiger partial charge on any atom is 0.165 e. The topological polar surface area (TPSA) is 102 Å². The number of rotatable bonds is 6. The minimum Gasteiger partial charge on any atom is -0.497 e. The van der Waals surface area contributed by atoms with Gasteiger partial charge in [-0.1, -0.05) is 35.9 Å². The molecule has 1 N–H and O–H groups in total. The Morgan fingerprint density at radius 2 is 1.97 bits per heavy atom. The van der Waals surface area contributed by atoms with E-state index in [1.54, 1.807) is 19.5 Å². The second-order valence-electron chi connectivity index (χ2n) is 7.83. The molecular weight excluding hydrogens is 450 g/mol. The average molecular weight is 470 g/mol. The molecule has 2 aromatic carbocycles. The van der Waals surface area contributed by atoms with Crippen LogP contribution in [0.3, 0.4) is 0 Å². The molecule has 0 radical (unpaired) electrons. The summed E-state index contributed by atoms with van der Waals surface area (Å²) in [5.41, 5.74) is 3.48. The number of ether oxygens (including phenoxy) is 1. The van der Waals surface area contributed by atoms with Crippen LogP contribution in [0.2, 0.25) is 5.02 Å². The summed E-state index contributed by atoms with van der Waals surface area (Å²) in [4.78, 5) is 17.9. The van der Waals surface area contributed by atoms with E-state index in [2.05, 4.69) is 31.3 Å². The van der Waals surface area contributed by atoms with E-state index in [1.165, 1.54) is 6.33 Å². The summed E-state index contributed by atoms with van der Waals surface area (Å²) in [6.45, 7) is 2.58.